The van der Waals surface area contributed by atoms with E-state index in [0.29, 0.717) is 0 Å². The highest BCUT2D eigenvalue weighted by Gasteiger charge is 1.58. The van der Waals surface area contributed by atoms with Crippen molar-refractivity contribution in [3.05, 3.63) is 0 Å². The van der Waals surface area contributed by atoms with Crippen molar-refractivity contribution in [2.75, 3.05) is 0 Å². The van der Waals surface area contributed by atoms with Crippen molar-refractivity contribution in [1.29, 1.82) is 0 Å². The minimum atomic E-state index is 1.87. The molecule has 0 atom stereocenters. The van der Waals surface area contributed by atoms with Gasteiger partial charge in [0.2, 0.25) is 0 Å². The molecule has 0 aromatic carbocycles. The average molecular weight is 291 g/mol. The summed E-state index contributed by atoms with van der Waals surface area (Å²) in [6.45, 7) is 0. The molecule has 0 heteroatoms. The zero-order valence-electron chi connectivity index (χ0n) is 13.1. The van der Waals surface area contributed by atoms with Gasteiger partial charge in [0.15, 0.2) is 0 Å². The Bertz CT molecular complexity index is 1250. The lowest BCUT2D eigenvalue weighted by atomic mass is 10.4. The first-order valence-electron chi connectivity index (χ1n) is 6.29. The standard InChI is InChI=1S/C24H2/c1-3-5-7-9-11-13-15-17-19-21-23-24-22-20-18-16-14-12-10-8-6-4-2/h1-2H/i1D. The lowest BCUT2D eigenvalue weighted by molar-refractivity contribution is 2.32. The van der Waals surface area contributed by atoms with Gasteiger partial charge in [-0.1, -0.05) is 0 Å². The largest absolute Gasteiger partial charge is 0.125 e. The van der Waals surface area contributed by atoms with E-state index in [9.17, 15) is 0 Å². The summed E-state index contributed by atoms with van der Waals surface area (Å²) in [6, 6.07) is 0. The second-order valence-electron chi connectivity index (χ2n) is 2.77. The summed E-state index contributed by atoms with van der Waals surface area (Å²) in [5.41, 5.74) is 0. The fraction of sp³-hybridized carbons (Fsp3) is 0. The fourth-order valence-electron chi connectivity index (χ4n) is 0.630. The van der Waals surface area contributed by atoms with Crippen LogP contribution in [0.5, 0.6) is 0 Å². The zero-order chi connectivity index (χ0) is 18.3. The lowest BCUT2D eigenvalue weighted by Crippen LogP contribution is -1.56. The summed E-state index contributed by atoms with van der Waals surface area (Å²) in [5, 5.41) is 0. The van der Waals surface area contributed by atoms with Gasteiger partial charge in [0, 0.05) is 35.5 Å². The van der Waals surface area contributed by atoms with Crippen molar-refractivity contribution in [3.8, 4) is 143 Å². The van der Waals surface area contributed by atoms with Crippen molar-refractivity contribution < 1.29 is 1.37 Å². The summed E-state index contributed by atoms with van der Waals surface area (Å²) in [6.07, 6.45) is 6.78. The van der Waals surface area contributed by atoms with Crippen LogP contribution in [0.1, 0.15) is 1.37 Å². The first-order valence-corrected chi connectivity index (χ1v) is 5.79. The smallest absolute Gasteiger partial charge is 0.106 e. The molecule has 0 bridgehead atoms. The van der Waals surface area contributed by atoms with Crippen molar-refractivity contribution >= 4 is 0 Å². The molecule has 0 amide bonds. The van der Waals surface area contributed by atoms with Crippen LogP contribution in [0.25, 0.3) is 0 Å². The molecule has 0 nitrogen and oxygen atoms in total. The topological polar surface area (TPSA) is 0 Å². The van der Waals surface area contributed by atoms with E-state index >= 15 is 0 Å². The average Bonchev–Trinajstić information content (AvgIpc) is 2.63. The van der Waals surface area contributed by atoms with Gasteiger partial charge in [0.1, 0.15) is 1.37 Å². The Labute approximate surface area is 145 Å². The molecule has 0 fully saturated rings. The second-order valence-corrected chi connectivity index (χ2v) is 2.77. The first-order chi connectivity index (χ1) is 12.4. The van der Waals surface area contributed by atoms with E-state index in [-0.39, 0.29) is 0 Å². The molecule has 0 unspecified atom stereocenters. The SMILES string of the molecule is [2H]C#CC#CC#CC#CC#CC#CC#CC#CC#CC#CC#CC#C. The predicted octanol–water partition coefficient (Wildman–Crippen LogP) is 0.287. The van der Waals surface area contributed by atoms with Gasteiger partial charge in [-0.05, 0) is 94.7 Å². The molecule has 24 heavy (non-hydrogen) atoms. The Morgan fingerprint density at radius 2 is 0.542 bits per heavy atom. The Balaban J connectivity index is 4.41. The Morgan fingerprint density at radius 1 is 0.333 bits per heavy atom. The van der Waals surface area contributed by atoms with E-state index < -0.39 is 0 Å². The summed E-state index contributed by atoms with van der Waals surface area (Å²) in [5.74, 6) is 53.2. The molecule has 0 heterocycles. The van der Waals surface area contributed by atoms with Crippen LogP contribution in [-0.2, 0) is 0 Å². The number of rotatable bonds is 0. The molecule has 98 valence electrons. The summed E-state index contributed by atoms with van der Waals surface area (Å²) in [4.78, 5) is 0. The van der Waals surface area contributed by atoms with Crippen molar-refractivity contribution in [3.63, 3.8) is 0 Å². The molecule has 0 saturated carbocycles. The number of hydrogen-bond donors (Lipinski definition) is 0. The van der Waals surface area contributed by atoms with Crippen LogP contribution in [-0.4, -0.2) is 0 Å². The number of terminal acetylenes is 2. The molecule has 0 radical (unpaired) electrons. The number of hydrogen-bond acceptors (Lipinski definition) is 0. The molecule has 0 N–H and O–H groups in total. The van der Waals surface area contributed by atoms with Gasteiger partial charge in [-0.25, -0.2) is 0 Å². The Morgan fingerprint density at radius 3 is 0.750 bits per heavy atom. The minimum Gasteiger partial charge on any atom is -0.106 e. The minimum absolute atomic E-state index is 1.87. The fourth-order valence-corrected chi connectivity index (χ4v) is 0.630. The normalized spacial score (nSPS) is 4.04. The van der Waals surface area contributed by atoms with Crippen LogP contribution in [0, 0.1) is 143 Å². The van der Waals surface area contributed by atoms with E-state index in [1.165, 1.54) is 0 Å². The highest BCUT2D eigenvalue weighted by atomic mass is 13.6. The van der Waals surface area contributed by atoms with Crippen molar-refractivity contribution in [1.82, 2.24) is 0 Å². The van der Waals surface area contributed by atoms with E-state index in [1.54, 1.807) is 0 Å². The highest BCUT2D eigenvalue weighted by molar-refractivity contribution is 5.47. The monoisotopic (exact) mass is 291 g/mol. The van der Waals surface area contributed by atoms with Crippen LogP contribution in [0.2, 0.25) is 0 Å². The van der Waals surface area contributed by atoms with Crippen LogP contribution >= 0.6 is 0 Å². The van der Waals surface area contributed by atoms with E-state index in [0.717, 1.165) is 0 Å². The van der Waals surface area contributed by atoms with Crippen molar-refractivity contribution in [2.45, 2.75) is 0 Å². The molecule has 0 aromatic rings. The predicted molar refractivity (Wildman–Crippen MR) is 95.4 cm³/mol. The summed E-state index contributed by atoms with van der Waals surface area (Å²) < 4.78 is 6.51. The van der Waals surface area contributed by atoms with E-state index in [1.807, 2.05) is 6.40 Å². The molecule has 0 aromatic heterocycles. The third kappa shape index (κ3) is 16.7. The van der Waals surface area contributed by atoms with Gasteiger partial charge in [0.25, 0.3) is 0 Å². The zero-order valence-corrected chi connectivity index (χ0v) is 12.1. The lowest BCUT2D eigenvalue weighted by Gasteiger charge is -1.56. The maximum Gasteiger partial charge on any atom is 0.125 e. The van der Waals surface area contributed by atoms with Gasteiger partial charge in [-0.3, -0.25) is 0 Å². The van der Waals surface area contributed by atoms with Crippen molar-refractivity contribution in [2.24, 2.45) is 0 Å². The second kappa shape index (κ2) is 17.7. The third-order valence-electron chi connectivity index (χ3n) is 1.32. The van der Waals surface area contributed by atoms with Crippen LogP contribution < -0.4 is 0 Å². The van der Waals surface area contributed by atoms with Crippen LogP contribution in [0.4, 0.5) is 0 Å². The van der Waals surface area contributed by atoms with Crippen LogP contribution in [0.3, 0.4) is 0 Å². The molecule has 0 saturated heterocycles. The molecule has 0 aliphatic carbocycles. The van der Waals surface area contributed by atoms with Gasteiger partial charge in [0.05, 0.1) is 0 Å². The maximum absolute atomic E-state index is 6.51. The third-order valence-corrected chi connectivity index (χ3v) is 1.32. The maximum atomic E-state index is 6.51. The van der Waals surface area contributed by atoms with Crippen LogP contribution in [0.15, 0.2) is 0 Å². The first kappa shape index (κ1) is 16.8. The quantitative estimate of drug-likeness (QED) is 0.563. The summed E-state index contributed by atoms with van der Waals surface area (Å²) in [7, 11) is 0. The van der Waals surface area contributed by atoms with Gasteiger partial charge in [-0.2, -0.15) is 0 Å². The van der Waals surface area contributed by atoms with Gasteiger partial charge in [-0.15, -0.1) is 12.8 Å². The highest BCUT2D eigenvalue weighted by Crippen LogP contribution is 1.58. The molecular weight excluding hydrogens is 288 g/mol. The molecule has 0 aliphatic rings. The Kier molecular flexibility index (Phi) is 12.4. The van der Waals surface area contributed by atoms with E-state index in [4.69, 9.17) is 7.79 Å². The van der Waals surface area contributed by atoms with E-state index in [2.05, 4.69) is 130 Å². The molecule has 0 spiro atoms. The molecular formula is C24H2. The molecule has 0 aliphatic heterocycles. The Hall–Kier alpha value is -5.28. The summed E-state index contributed by atoms with van der Waals surface area (Å²) >= 11 is 0. The molecule has 0 rings (SSSR count). The van der Waals surface area contributed by atoms with Gasteiger partial charge < -0.3 is 0 Å². The van der Waals surface area contributed by atoms with Gasteiger partial charge >= 0.3 is 0 Å².